The normalized spacial score (nSPS) is 16.4. The van der Waals surface area contributed by atoms with E-state index < -0.39 is 0 Å². The molecule has 1 aliphatic rings. The van der Waals surface area contributed by atoms with E-state index in [9.17, 15) is 4.79 Å². The SMILES string of the molecule is CCNc1ccc(N)cc1N=C1S/C(=C(\C)N(C)/C(=C(\S)CC)c2ccccc2)C(=O)N1Cc1ccccc1. The van der Waals surface area contributed by atoms with Gasteiger partial charge in [0.2, 0.25) is 0 Å². The number of benzene rings is 3. The lowest BCUT2D eigenvalue weighted by Gasteiger charge is -2.26. The van der Waals surface area contributed by atoms with Gasteiger partial charge in [-0.05, 0) is 61.4 Å². The van der Waals surface area contributed by atoms with E-state index in [4.69, 9.17) is 23.4 Å². The molecule has 1 saturated heterocycles. The molecule has 0 radical (unpaired) electrons. The summed E-state index contributed by atoms with van der Waals surface area (Å²) in [6, 6.07) is 25.7. The van der Waals surface area contributed by atoms with Gasteiger partial charge in [-0.3, -0.25) is 9.69 Å². The lowest BCUT2D eigenvalue weighted by molar-refractivity contribution is -0.122. The molecule has 0 atom stereocenters. The number of carbonyl (C=O) groups is 1. The summed E-state index contributed by atoms with van der Waals surface area (Å²) in [5.41, 5.74) is 12.2. The van der Waals surface area contributed by atoms with Crippen molar-refractivity contribution in [2.75, 3.05) is 24.6 Å². The predicted octanol–water partition coefficient (Wildman–Crippen LogP) is 7.34. The molecule has 1 amide bonds. The lowest BCUT2D eigenvalue weighted by Crippen LogP contribution is -2.29. The molecule has 202 valence electrons. The maximum Gasteiger partial charge on any atom is 0.268 e. The molecular weight excluding hydrogens is 523 g/mol. The number of aliphatic imine (C=N–C) groups is 1. The first-order valence-corrected chi connectivity index (χ1v) is 14.3. The zero-order valence-electron chi connectivity index (χ0n) is 22.8. The predicted molar refractivity (Wildman–Crippen MR) is 170 cm³/mol. The maximum absolute atomic E-state index is 14.0. The van der Waals surface area contributed by atoms with Gasteiger partial charge in [0.05, 0.1) is 28.5 Å². The van der Waals surface area contributed by atoms with E-state index in [0.717, 1.165) is 46.1 Å². The monoisotopic (exact) mass is 557 g/mol. The Morgan fingerprint density at radius 2 is 1.72 bits per heavy atom. The van der Waals surface area contributed by atoms with Gasteiger partial charge in [0, 0.05) is 29.9 Å². The van der Waals surface area contributed by atoms with Crippen LogP contribution < -0.4 is 11.1 Å². The molecule has 3 N–H and O–H groups in total. The molecule has 0 saturated carbocycles. The molecule has 1 fully saturated rings. The second-order valence-electron chi connectivity index (χ2n) is 9.17. The molecule has 0 aromatic heterocycles. The fourth-order valence-corrected chi connectivity index (χ4v) is 5.68. The van der Waals surface area contributed by atoms with Crippen molar-refractivity contribution in [3.8, 4) is 0 Å². The molecule has 0 unspecified atom stereocenters. The van der Waals surface area contributed by atoms with Gasteiger partial charge < -0.3 is 16.0 Å². The van der Waals surface area contributed by atoms with Crippen LogP contribution in [0.15, 0.2) is 99.4 Å². The molecule has 4 rings (SSSR count). The molecule has 0 aliphatic carbocycles. The molecule has 3 aromatic carbocycles. The van der Waals surface area contributed by atoms with E-state index in [0.29, 0.717) is 28.0 Å². The third kappa shape index (κ3) is 6.52. The molecule has 3 aromatic rings. The smallest absolute Gasteiger partial charge is 0.268 e. The standard InChI is InChI=1S/C31H35N5OS2/c1-5-27(38)28(23-15-11-8-12-16-23)35(4)21(3)29-30(37)36(20-22-13-9-7-10-14-22)31(39-29)34-26-19-24(32)17-18-25(26)33-6-2/h7-19,33,38H,5-6,20,32H2,1-4H3/b28-27-,29-21+,34-31?. The number of nitrogens with two attached hydrogens (primary N) is 1. The molecule has 39 heavy (non-hydrogen) atoms. The van der Waals surface area contributed by atoms with Gasteiger partial charge >= 0.3 is 0 Å². The number of anilines is 2. The first-order valence-electron chi connectivity index (χ1n) is 13.0. The highest BCUT2D eigenvalue weighted by molar-refractivity contribution is 8.18. The molecule has 8 heteroatoms. The van der Waals surface area contributed by atoms with Crippen molar-refractivity contribution in [3.63, 3.8) is 0 Å². The van der Waals surface area contributed by atoms with Crippen molar-refractivity contribution in [1.82, 2.24) is 9.80 Å². The number of amides is 1. The second-order valence-corrected chi connectivity index (χ2v) is 10.7. The third-order valence-corrected chi connectivity index (χ3v) is 8.17. The summed E-state index contributed by atoms with van der Waals surface area (Å²) in [4.78, 5) is 24.4. The summed E-state index contributed by atoms with van der Waals surface area (Å²) in [6.45, 7) is 7.26. The Morgan fingerprint density at radius 3 is 2.36 bits per heavy atom. The Kier molecular flexibility index (Phi) is 9.43. The summed E-state index contributed by atoms with van der Waals surface area (Å²) in [7, 11) is 1.99. The average Bonchev–Trinajstić information content (AvgIpc) is 3.25. The average molecular weight is 558 g/mol. The van der Waals surface area contributed by atoms with Crippen LogP contribution >= 0.6 is 24.4 Å². The minimum absolute atomic E-state index is 0.0783. The van der Waals surface area contributed by atoms with Gasteiger partial charge in [0.25, 0.3) is 5.91 Å². The number of amidine groups is 1. The Bertz CT molecular complexity index is 1420. The van der Waals surface area contributed by atoms with Gasteiger partial charge in [0.15, 0.2) is 5.17 Å². The highest BCUT2D eigenvalue weighted by Crippen LogP contribution is 2.40. The number of nitrogen functional groups attached to an aromatic ring is 1. The van der Waals surface area contributed by atoms with Gasteiger partial charge in [-0.15, -0.1) is 12.6 Å². The Balaban J connectivity index is 1.81. The third-order valence-electron chi connectivity index (χ3n) is 6.47. The molecule has 6 nitrogen and oxygen atoms in total. The fraction of sp³-hybridized carbons (Fsp3) is 0.226. The minimum Gasteiger partial charge on any atom is -0.399 e. The van der Waals surface area contributed by atoms with Crippen molar-refractivity contribution in [2.24, 2.45) is 4.99 Å². The summed E-state index contributed by atoms with van der Waals surface area (Å²) in [5, 5.41) is 3.96. The largest absolute Gasteiger partial charge is 0.399 e. The van der Waals surface area contributed by atoms with E-state index in [1.54, 1.807) is 4.90 Å². The number of thiol groups is 1. The highest BCUT2D eigenvalue weighted by Gasteiger charge is 2.36. The summed E-state index contributed by atoms with van der Waals surface area (Å²) in [5.74, 6) is -0.0783. The van der Waals surface area contributed by atoms with Crippen molar-refractivity contribution in [3.05, 3.63) is 105 Å². The van der Waals surface area contributed by atoms with Crippen LogP contribution in [0.4, 0.5) is 17.1 Å². The van der Waals surface area contributed by atoms with Crippen molar-refractivity contribution in [2.45, 2.75) is 33.7 Å². The zero-order chi connectivity index (χ0) is 27.9. The van der Waals surface area contributed by atoms with Crippen LogP contribution in [0, 0.1) is 0 Å². The summed E-state index contributed by atoms with van der Waals surface area (Å²) < 4.78 is 0. The van der Waals surface area contributed by atoms with E-state index in [2.05, 4.69) is 29.3 Å². The van der Waals surface area contributed by atoms with E-state index >= 15 is 0 Å². The molecule has 0 spiro atoms. The molecule has 1 heterocycles. The number of nitrogens with one attached hydrogen (secondary N) is 1. The number of allylic oxidation sites excluding steroid dienone is 2. The second kappa shape index (κ2) is 13.0. The van der Waals surface area contributed by atoms with Gasteiger partial charge in [-0.2, -0.15) is 0 Å². The van der Waals surface area contributed by atoms with Crippen LogP contribution in [0.25, 0.3) is 5.70 Å². The van der Waals surface area contributed by atoms with Crippen LogP contribution in [-0.2, 0) is 11.3 Å². The number of hydrogen-bond acceptors (Lipinski definition) is 7. The Hall–Kier alpha value is -3.62. The summed E-state index contributed by atoms with van der Waals surface area (Å²) in [6.07, 6.45) is 0.775. The van der Waals surface area contributed by atoms with Crippen molar-refractivity contribution >= 4 is 58.2 Å². The van der Waals surface area contributed by atoms with Gasteiger partial charge in [-0.1, -0.05) is 67.6 Å². The van der Waals surface area contributed by atoms with Crippen LogP contribution in [-0.4, -0.2) is 34.5 Å². The minimum atomic E-state index is -0.0783. The Morgan fingerprint density at radius 1 is 1.05 bits per heavy atom. The first kappa shape index (κ1) is 28.4. The molecule has 1 aliphatic heterocycles. The van der Waals surface area contributed by atoms with Crippen molar-refractivity contribution in [1.29, 1.82) is 0 Å². The number of nitrogens with zero attached hydrogens (tertiary/aromatic N) is 3. The van der Waals surface area contributed by atoms with Crippen LogP contribution in [0.3, 0.4) is 0 Å². The zero-order valence-corrected chi connectivity index (χ0v) is 24.5. The topological polar surface area (TPSA) is 74.0 Å². The summed E-state index contributed by atoms with van der Waals surface area (Å²) >= 11 is 6.20. The number of rotatable bonds is 9. The first-order chi connectivity index (χ1) is 18.8. The van der Waals surface area contributed by atoms with Gasteiger partial charge in [0.1, 0.15) is 0 Å². The van der Waals surface area contributed by atoms with Crippen LogP contribution in [0.1, 0.15) is 38.3 Å². The number of hydrogen-bond donors (Lipinski definition) is 3. The van der Waals surface area contributed by atoms with E-state index in [-0.39, 0.29) is 5.91 Å². The van der Waals surface area contributed by atoms with Gasteiger partial charge in [-0.25, -0.2) is 4.99 Å². The molecular formula is C31H35N5OS2. The fourth-order valence-electron chi connectivity index (χ4n) is 4.34. The van der Waals surface area contributed by atoms with Crippen LogP contribution in [0.5, 0.6) is 0 Å². The number of carbonyl (C=O) groups excluding carboxylic acids is 1. The molecule has 0 bridgehead atoms. The van der Waals surface area contributed by atoms with Crippen LogP contribution in [0.2, 0.25) is 0 Å². The Labute approximate surface area is 241 Å². The quantitative estimate of drug-likeness (QED) is 0.146. The maximum atomic E-state index is 14.0. The number of thioether (sulfide) groups is 1. The highest BCUT2D eigenvalue weighted by atomic mass is 32.2. The lowest BCUT2D eigenvalue weighted by atomic mass is 10.1. The van der Waals surface area contributed by atoms with E-state index in [1.807, 2.05) is 87.6 Å². The van der Waals surface area contributed by atoms with Crippen molar-refractivity contribution < 1.29 is 4.79 Å². The van der Waals surface area contributed by atoms with E-state index in [1.165, 1.54) is 11.8 Å².